The highest BCUT2D eigenvalue weighted by Crippen LogP contribution is 2.36. The number of hydrogen-bond donors (Lipinski definition) is 1. The van der Waals surface area contributed by atoms with E-state index in [0.29, 0.717) is 0 Å². The second-order valence-electron chi connectivity index (χ2n) is 7.03. The van der Waals surface area contributed by atoms with Crippen LogP contribution in [0.15, 0.2) is 12.1 Å². The predicted molar refractivity (Wildman–Crippen MR) is 94.8 cm³/mol. The number of nitrogens with two attached hydrogens (primary N) is 1. The van der Waals surface area contributed by atoms with Crippen LogP contribution in [0, 0.1) is 20.2 Å². The van der Waals surface area contributed by atoms with Crippen molar-refractivity contribution in [2.75, 3.05) is 5.73 Å². The van der Waals surface area contributed by atoms with Crippen LogP contribution in [0.5, 0.6) is 0 Å². The van der Waals surface area contributed by atoms with Crippen LogP contribution in [-0.2, 0) is 0 Å². The predicted octanol–water partition coefficient (Wildman–Crippen LogP) is 3.41. The third kappa shape index (κ3) is 3.33. The maximum atomic E-state index is 13.3. The van der Waals surface area contributed by atoms with Crippen molar-refractivity contribution in [3.63, 3.8) is 0 Å². The number of benzene rings is 1. The molecule has 0 radical (unpaired) electrons. The van der Waals surface area contributed by atoms with Crippen molar-refractivity contribution < 1.29 is 14.6 Å². The summed E-state index contributed by atoms with van der Waals surface area (Å²) in [5.74, 6) is -0.423. The van der Waals surface area contributed by atoms with E-state index in [4.69, 9.17) is 5.73 Å². The summed E-state index contributed by atoms with van der Waals surface area (Å²) in [5, 5.41) is 22.4. The largest absolute Gasteiger partial charge is 0.392 e. The van der Waals surface area contributed by atoms with Crippen molar-refractivity contribution in [2.45, 2.75) is 63.5 Å². The Bertz CT molecular complexity index is 723. The molecule has 2 saturated carbocycles. The van der Waals surface area contributed by atoms with Crippen LogP contribution in [0.2, 0.25) is 0 Å². The van der Waals surface area contributed by atoms with Gasteiger partial charge in [0.15, 0.2) is 0 Å². The molecule has 0 heterocycles. The first-order valence-corrected chi connectivity index (χ1v) is 8.95. The number of hydrogen-bond acceptors (Lipinski definition) is 6. The van der Waals surface area contributed by atoms with Crippen LogP contribution in [0.4, 0.5) is 17.1 Å². The molecule has 0 atom stereocenters. The fourth-order valence-corrected chi connectivity index (χ4v) is 4.19. The molecule has 1 amide bonds. The summed E-state index contributed by atoms with van der Waals surface area (Å²) in [6, 6.07) is 2.02. The Balaban J connectivity index is 2.05. The van der Waals surface area contributed by atoms with E-state index < -0.39 is 27.1 Å². The van der Waals surface area contributed by atoms with E-state index in [1.54, 1.807) is 4.90 Å². The van der Waals surface area contributed by atoms with Gasteiger partial charge in [-0.1, -0.05) is 25.7 Å². The molecule has 2 fully saturated rings. The molecule has 0 aromatic heterocycles. The van der Waals surface area contributed by atoms with Crippen LogP contribution in [-0.4, -0.2) is 32.7 Å². The summed E-state index contributed by atoms with van der Waals surface area (Å²) in [4.78, 5) is 36.0. The van der Waals surface area contributed by atoms with Gasteiger partial charge in [-0.3, -0.25) is 25.0 Å². The lowest BCUT2D eigenvalue weighted by Crippen LogP contribution is -2.45. The molecule has 0 spiro atoms. The van der Waals surface area contributed by atoms with E-state index in [0.717, 1.165) is 63.5 Å². The Morgan fingerprint density at radius 1 is 0.962 bits per heavy atom. The lowest BCUT2D eigenvalue weighted by Gasteiger charge is -2.35. The third-order valence-corrected chi connectivity index (χ3v) is 5.45. The Labute approximate surface area is 150 Å². The van der Waals surface area contributed by atoms with Crippen molar-refractivity contribution in [1.82, 2.24) is 4.90 Å². The average molecular weight is 362 g/mol. The molecule has 26 heavy (non-hydrogen) atoms. The summed E-state index contributed by atoms with van der Waals surface area (Å²) in [5.41, 5.74) is 4.35. The van der Waals surface area contributed by atoms with Gasteiger partial charge < -0.3 is 10.6 Å². The molecule has 1 aromatic rings. The smallest absolute Gasteiger partial charge is 0.299 e. The maximum absolute atomic E-state index is 13.3. The second kappa shape index (κ2) is 7.27. The summed E-state index contributed by atoms with van der Waals surface area (Å²) in [6.07, 6.45) is 7.69. The number of nitro benzene ring substituents is 2. The summed E-state index contributed by atoms with van der Waals surface area (Å²) >= 11 is 0. The minimum absolute atomic E-state index is 0.0725. The van der Waals surface area contributed by atoms with Gasteiger partial charge in [0.2, 0.25) is 0 Å². The number of nitro groups is 2. The standard InChI is InChI=1S/C17H22N4O5/c18-16-14(9-13(20(23)24)10-15(16)21(25)26)17(22)19(11-5-1-2-6-11)12-7-3-4-8-12/h9-12H,1-8,18H2. The average Bonchev–Trinajstić information content (AvgIpc) is 3.29. The quantitative estimate of drug-likeness (QED) is 0.485. The van der Waals surface area contributed by atoms with Crippen LogP contribution < -0.4 is 5.73 Å². The summed E-state index contributed by atoms with van der Waals surface area (Å²) in [7, 11) is 0. The van der Waals surface area contributed by atoms with E-state index >= 15 is 0 Å². The third-order valence-electron chi connectivity index (χ3n) is 5.45. The molecule has 1 aromatic carbocycles. The highest BCUT2D eigenvalue weighted by atomic mass is 16.6. The summed E-state index contributed by atoms with van der Waals surface area (Å²) in [6.45, 7) is 0. The summed E-state index contributed by atoms with van der Waals surface area (Å²) < 4.78 is 0. The molecule has 0 unspecified atom stereocenters. The van der Waals surface area contributed by atoms with Gasteiger partial charge >= 0.3 is 0 Å². The minimum atomic E-state index is -0.783. The Morgan fingerprint density at radius 2 is 1.46 bits per heavy atom. The molecular weight excluding hydrogens is 340 g/mol. The Morgan fingerprint density at radius 3 is 1.88 bits per heavy atom. The number of carbonyl (C=O) groups is 1. The normalized spacial score (nSPS) is 18.2. The fraction of sp³-hybridized carbons (Fsp3) is 0.588. The van der Waals surface area contributed by atoms with Crippen LogP contribution in [0.25, 0.3) is 0 Å². The van der Waals surface area contributed by atoms with E-state index in [1.165, 1.54) is 0 Å². The number of amides is 1. The zero-order valence-electron chi connectivity index (χ0n) is 14.4. The Hall–Kier alpha value is -2.71. The number of anilines is 1. The van der Waals surface area contributed by atoms with E-state index in [9.17, 15) is 25.0 Å². The molecule has 0 saturated heterocycles. The second-order valence-corrected chi connectivity index (χ2v) is 7.03. The maximum Gasteiger partial charge on any atom is 0.299 e. The minimum Gasteiger partial charge on any atom is -0.392 e. The molecule has 3 rings (SSSR count). The van der Waals surface area contributed by atoms with Gasteiger partial charge in [0.05, 0.1) is 21.5 Å². The zero-order chi connectivity index (χ0) is 18.8. The van der Waals surface area contributed by atoms with Crippen molar-refractivity contribution in [2.24, 2.45) is 0 Å². The van der Waals surface area contributed by atoms with Crippen molar-refractivity contribution in [3.05, 3.63) is 37.9 Å². The molecule has 140 valence electrons. The lowest BCUT2D eigenvalue weighted by molar-refractivity contribution is -0.393. The Kier molecular flexibility index (Phi) is 5.06. The molecule has 2 N–H and O–H groups in total. The highest BCUT2D eigenvalue weighted by Gasteiger charge is 2.37. The van der Waals surface area contributed by atoms with Gasteiger partial charge in [0, 0.05) is 18.2 Å². The van der Waals surface area contributed by atoms with Crippen molar-refractivity contribution in [3.8, 4) is 0 Å². The van der Waals surface area contributed by atoms with Gasteiger partial charge in [-0.05, 0) is 25.7 Å². The molecular formula is C17H22N4O5. The molecule has 9 nitrogen and oxygen atoms in total. The fourth-order valence-electron chi connectivity index (χ4n) is 4.19. The monoisotopic (exact) mass is 362 g/mol. The topological polar surface area (TPSA) is 133 Å². The lowest BCUT2D eigenvalue weighted by atomic mass is 10.0. The van der Waals surface area contributed by atoms with Crippen molar-refractivity contribution in [1.29, 1.82) is 0 Å². The number of nitrogen functional groups attached to an aromatic ring is 1. The first-order chi connectivity index (χ1) is 12.4. The number of non-ortho nitro benzene ring substituents is 1. The van der Waals surface area contributed by atoms with E-state index in [2.05, 4.69) is 0 Å². The highest BCUT2D eigenvalue weighted by molar-refractivity contribution is 6.02. The van der Waals surface area contributed by atoms with Gasteiger partial charge in [-0.2, -0.15) is 0 Å². The first kappa shape index (κ1) is 18.1. The van der Waals surface area contributed by atoms with E-state index in [1.807, 2.05) is 0 Å². The molecule has 0 bridgehead atoms. The van der Waals surface area contributed by atoms with Crippen LogP contribution >= 0.6 is 0 Å². The van der Waals surface area contributed by atoms with Crippen LogP contribution in [0.3, 0.4) is 0 Å². The molecule has 0 aliphatic heterocycles. The van der Waals surface area contributed by atoms with Crippen LogP contribution in [0.1, 0.15) is 61.7 Å². The number of nitrogens with zero attached hydrogens (tertiary/aromatic N) is 3. The zero-order valence-corrected chi connectivity index (χ0v) is 14.4. The molecule has 2 aliphatic rings. The SMILES string of the molecule is Nc1c(C(=O)N(C2CCCC2)C2CCCC2)cc([N+](=O)[O-])cc1[N+](=O)[O-]. The number of rotatable bonds is 5. The number of carbonyl (C=O) groups excluding carboxylic acids is 1. The van der Waals surface area contributed by atoms with E-state index in [-0.39, 0.29) is 23.3 Å². The van der Waals surface area contributed by atoms with Gasteiger partial charge in [-0.15, -0.1) is 0 Å². The molecule has 2 aliphatic carbocycles. The van der Waals surface area contributed by atoms with Crippen molar-refractivity contribution >= 4 is 23.0 Å². The first-order valence-electron chi connectivity index (χ1n) is 8.95. The molecule has 9 heteroatoms. The van der Waals surface area contributed by atoms with Gasteiger partial charge in [0.25, 0.3) is 17.3 Å². The van der Waals surface area contributed by atoms with Gasteiger partial charge in [0.1, 0.15) is 5.69 Å². The van der Waals surface area contributed by atoms with Gasteiger partial charge in [-0.25, -0.2) is 0 Å².